The molecule has 0 aliphatic carbocycles. The molecule has 1 aromatic carbocycles. The van der Waals surface area contributed by atoms with Gasteiger partial charge in [0.25, 0.3) is 5.91 Å². The summed E-state index contributed by atoms with van der Waals surface area (Å²) in [4.78, 5) is 27.2. The summed E-state index contributed by atoms with van der Waals surface area (Å²) in [6, 6.07) is 4.96. The van der Waals surface area contributed by atoms with Crippen LogP contribution in [-0.4, -0.2) is 42.6 Å². The molecule has 2 rings (SSSR count). The third-order valence-electron chi connectivity index (χ3n) is 2.99. The van der Waals surface area contributed by atoms with E-state index in [1.165, 1.54) is 4.90 Å². The number of benzene rings is 1. The number of thiol groups is 1. The lowest BCUT2D eigenvalue weighted by Gasteiger charge is -2.21. The largest absolute Gasteiger partial charge is 0.345 e. The van der Waals surface area contributed by atoms with Crippen molar-refractivity contribution in [3.05, 3.63) is 28.8 Å². The summed E-state index contributed by atoms with van der Waals surface area (Å²) in [5.74, 6) is -0.183. The van der Waals surface area contributed by atoms with Crippen LogP contribution in [0.5, 0.6) is 0 Å². The number of anilines is 1. The Morgan fingerprint density at radius 1 is 1.47 bits per heavy atom. The molecule has 6 heteroatoms. The summed E-state index contributed by atoms with van der Waals surface area (Å²) in [6.45, 7) is 0.496. The summed E-state index contributed by atoms with van der Waals surface area (Å²) >= 11 is 10.3. The Morgan fingerprint density at radius 2 is 2.16 bits per heavy atom. The summed E-state index contributed by atoms with van der Waals surface area (Å²) in [5.41, 5.74) is 1.04. The predicted molar refractivity (Wildman–Crippen MR) is 79.2 cm³/mol. The van der Waals surface area contributed by atoms with Gasteiger partial charge in [-0.15, -0.1) is 0 Å². The number of hydrogen-bond acceptors (Lipinski definition) is 3. The van der Waals surface area contributed by atoms with Gasteiger partial charge in [-0.05, 0) is 18.2 Å². The van der Waals surface area contributed by atoms with E-state index in [-0.39, 0.29) is 17.1 Å². The number of rotatable bonds is 2. The van der Waals surface area contributed by atoms with Gasteiger partial charge in [-0.3, -0.25) is 9.59 Å². The smallest absolute Gasteiger partial charge is 0.255 e. The van der Waals surface area contributed by atoms with E-state index >= 15 is 0 Å². The molecule has 1 atom stereocenters. The van der Waals surface area contributed by atoms with Crippen LogP contribution in [0.3, 0.4) is 0 Å². The molecule has 0 aromatic heterocycles. The normalized spacial score (nSPS) is 18.8. The first-order valence-corrected chi connectivity index (χ1v) is 6.79. The van der Waals surface area contributed by atoms with E-state index in [0.29, 0.717) is 29.2 Å². The lowest BCUT2D eigenvalue weighted by molar-refractivity contribution is -0.117. The fourth-order valence-electron chi connectivity index (χ4n) is 2.07. The van der Waals surface area contributed by atoms with Gasteiger partial charge in [0, 0.05) is 37.3 Å². The van der Waals surface area contributed by atoms with Crippen LogP contribution in [-0.2, 0) is 4.79 Å². The second-order valence-electron chi connectivity index (χ2n) is 4.72. The number of halogens is 1. The highest BCUT2D eigenvalue weighted by Crippen LogP contribution is 2.30. The number of nitrogens with zero attached hydrogens (tertiary/aromatic N) is 2. The molecule has 19 heavy (non-hydrogen) atoms. The first-order chi connectivity index (χ1) is 8.90. The number of carbonyl (C=O) groups excluding carboxylic acids is 2. The molecule has 1 aliphatic rings. The summed E-state index contributed by atoms with van der Waals surface area (Å²) in [5, 5.41) is 0.495. The minimum absolute atomic E-state index is 0.00575. The average molecular weight is 299 g/mol. The van der Waals surface area contributed by atoms with Gasteiger partial charge < -0.3 is 9.80 Å². The maximum atomic E-state index is 12.1. The second kappa shape index (κ2) is 5.43. The zero-order valence-corrected chi connectivity index (χ0v) is 12.4. The molecule has 1 saturated heterocycles. The molecule has 1 fully saturated rings. The van der Waals surface area contributed by atoms with Crippen LogP contribution in [0, 0.1) is 0 Å². The van der Waals surface area contributed by atoms with Crippen molar-refractivity contribution in [1.29, 1.82) is 0 Å². The summed E-state index contributed by atoms with van der Waals surface area (Å²) in [6.07, 6.45) is 0.380. The number of amides is 2. The number of hydrogen-bond donors (Lipinski definition) is 1. The van der Waals surface area contributed by atoms with Gasteiger partial charge in [0.15, 0.2) is 0 Å². The molecule has 0 N–H and O–H groups in total. The van der Waals surface area contributed by atoms with Crippen LogP contribution in [0.1, 0.15) is 16.8 Å². The molecule has 1 aliphatic heterocycles. The van der Waals surface area contributed by atoms with Crippen molar-refractivity contribution < 1.29 is 9.59 Å². The maximum absolute atomic E-state index is 12.1. The molecule has 4 nitrogen and oxygen atoms in total. The van der Waals surface area contributed by atoms with Crippen LogP contribution in [0.4, 0.5) is 5.69 Å². The molecule has 0 bridgehead atoms. The third-order valence-corrected chi connectivity index (χ3v) is 3.57. The minimum Gasteiger partial charge on any atom is -0.345 e. The Kier molecular flexibility index (Phi) is 4.06. The standard InChI is InChI=1S/C13H15ClN2O2S/c1-15(2)13(18)10-4-3-8(14)5-11(10)16-7-9(19)6-12(16)17/h3-5,9,19H,6-7H2,1-2H3. The highest BCUT2D eigenvalue weighted by molar-refractivity contribution is 7.81. The summed E-state index contributed by atoms with van der Waals surface area (Å²) < 4.78 is 0. The molecule has 0 spiro atoms. The Labute approximate surface area is 122 Å². The van der Waals surface area contributed by atoms with E-state index in [0.717, 1.165) is 0 Å². The van der Waals surface area contributed by atoms with E-state index in [4.69, 9.17) is 11.6 Å². The molecule has 0 radical (unpaired) electrons. The molecule has 1 unspecified atom stereocenters. The van der Waals surface area contributed by atoms with Crippen LogP contribution < -0.4 is 4.90 Å². The first kappa shape index (κ1) is 14.2. The lowest BCUT2D eigenvalue weighted by atomic mass is 10.1. The highest BCUT2D eigenvalue weighted by Gasteiger charge is 2.31. The van der Waals surface area contributed by atoms with E-state index < -0.39 is 0 Å². The first-order valence-electron chi connectivity index (χ1n) is 5.89. The summed E-state index contributed by atoms with van der Waals surface area (Å²) in [7, 11) is 3.35. The van der Waals surface area contributed by atoms with E-state index in [1.54, 1.807) is 37.2 Å². The molecule has 1 aromatic rings. The topological polar surface area (TPSA) is 40.6 Å². The van der Waals surface area contributed by atoms with Crippen molar-refractivity contribution in [3.8, 4) is 0 Å². The minimum atomic E-state index is -0.151. The van der Waals surface area contributed by atoms with Crippen LogP contribution >= 0.6 is 24.2 Å². The highest BCUT2D eigenvalue weighted by atomic mass is 35.5. The Morgan fingerprint density at radius 3 is 2.68 bits per heavy atom. The molecular weight excluding hydrogens is 284 g/mol. The van der Waals surface area contributed by atoms with Crippen molar-refractivity contribution in [2.45, 2.75) is 11.7 Å². The Bertz CT molecular complexity index is 533. The molecule has 102 valence electrons. The van der Waals surface area contributed by atoms with Crippen molar-refractivity contribution >= 4 is 41.7 Å². The third kappa shape index (κ3) is 2.87. The van der Waals surface area contributed by atoms with E-state index in [1.807, 2.05) is 0 Å². The van der Waals surface area contributed by atoms with Crippen LogP contribution in [0.2, 0.25) is 5.02 Å². The maximum Gasteiger partial charge on any atom is 0.255 e. The average Bonchev–Trinajstić information content (AvgIpc) is 2.67. The molecule has 1 heterocycles. The van der Waals surface area contributed by atoms with Crippen LogP contribution in [0.25, 0.3) is 0 Å². The predicted octanol–water partition coefficient (Wildman–Crippen LogP) is 2.08. The SMILES string of the molecule is CN(C)C(=O)c1ccc(Cl)cc1N1CC(S)CC1=O. The molecule has 2 amide bonds. The second-order valence-corrected chi connectivity index (χ2v) is 5.89. The van der Waals surface area contributed by atoms with Gasteiger partial charge in [0.1, 0.15) is 0 Å². The fraction of sp³-hybridized carbons (Fsp3) is 0.385. The fourth-order valence-corrected chi connectivity index (χ4v) is 2.56. The monoisotopic (exact) mass is 298 g/mol. The van der Waals surface area contributed by atoms with Gasteiger partial charge in [-0.25, -0.2) is 0 Å². The molecule has 0 saturated carbocycles. The van der Waals surface area contributed by atoms with Gasteiger partial charge in [0.05, 0.1) is 11.3 Å². The van der Waals surface area contributed by atoms with E-state index in [2.05, 4.69) is 12.6 Å². The Hall–Kier alpha value is -1.20. The van der Waals surface area contributed by atoms with Crippen LogP contribution in [0.15, 0.2) is 18.2 Å². The zero-order chi connectivity index (χ0) is 14.2. The Balaban J connectivity index is 2.46. The number of carbonyl (C=O) groups is 2. The van der Waals surface area contributed by atoms with Gasteiger partial charge >= 0.3 is 0 Å². The van der Waals surface area contributed by atoms with Crippen molar-refractivity contribution in [3.63, 3.8) is 0 Å². The van der Waals surface area contributed by atoms with E-state index in [9.17, 15) is 9.59 Å². The quantitative estimate of drug-likeness (QED) is 0.849. The van der Waals surface area contributed by atoms with Gasteiger partial charge in [-0.1, -0.05) is 11.6 Å². The van der Waals surface area contributed by atoms with Crippen molar-refractivity contribution in [2.24, 2.45) is 0 Å². The zero-order valence-electron chi connectivity index (χ0n) is 10.8. The lowest BCUT2D eigenvalue weighted by Crippen LogP contribution is -2.29. The van der Waals surface area contributed by atoms with Crippen molar-refractivity contribution in [1.82, 2.24) is 4.90 Å². The molecular formula is C13H15ClN2O2S. The van der Waals surface area contributed by atoms with Crippen molar-refractivity contribution in [2.75, 3.05) is 25.5 Å². The van der Waals surface area contributed by atoms with Gasteiger partial charge in [-0.2, -0.15) is 12.6 Å². The van der Waals surface area contributed by atoms with Gasteiger partial charge in [0.2, 0.25) is 5.91 Å².